The average molecular weight is 263 g/mol. The molecule has 0 aliphatic carbocycles. The Balaban J connectivity index is 2.14. The summed E-state index contributed by atoms with van der Waals surface area (Å²) in [4.78, 5) is 14.0. The fourth-order valence-electron chi connectivity index (χ4n) is 2.73. The molecule has 1 unspecified atom stereocenters. The van der Waals surface area contributed by atoms with E-state index in [4.69, 9.17) is 5.73 Å². The van der Waals surface area contributed by atoms with Crippen molar-refractivity contribution in [2.45, 2.75) is 32.9 Å². The van der Waals surface area contributed by atoms with Gasteiger partial charge in [0.2, 0.25) is 0 Å². The van der Waals surface area contributed by atoms with Gasteiger partial charge in [0.1, 0.15) is 5.82 Å². The normalized spacial score (nSPS) is 21.8. The Kier molecular flexibility index (Phi) is 4.50. The average Bonchev–Trinajstić information content (AvgIpc) is 2.33. The van der Waals surface area contributed by atoms with Crippen LogP contribution in [0.25, 0.3) is 0 Å². The molecule has 5 heteroatoms. The largest absolute Gasteiger partial charge is 0.326 e. The SMILES string of the molecule is Cc1nc(CC2CN(C)CCN2C)nc(C)c1CN. The van der Waals surface area contributed by atoms with Gasteiger partial charge in [0.15, 0.2) is 0 Å². The molecule has 0 bridgehead atoms. The van der Waals surface area contributed by atoms with Gasteiger partial charge in [-0.3, -0.25) is 0 Å². The van der Waals surface area contributed by atoms with Crippen LogP contribution >= 0.6 is 0 Å². The summed E-state index contributed by atoms with van der Waals surface area (Å²) in [5.74, 6) is 0.944. The van der Waals surface area contributed by atoms with Crippen LogP contribution in [0.3, 0.4) is 0 Å². The highest BCUT2D eigenvalue weighted by molar-refractivity contribution is 5.24. The molecule has 1 aliphatic heterocycles. The maximum atomic E-state index is 5.73. The van der Waals surface area contributed by atoms with E-state index >= 15 is 0 Å². The molecule has 1 aromatic rings. The number of rotatable bonds is 3. The first-order valence-electron chi connectivity index (χ1n) is 6.93. The van der Waals surface area contributed by atoms with Crippen LogP contribution in [0.4, 0.5) is 0 Å². The van der Waals surface area contributed by atoms with E-state index in [2.05, 4.69) is 33.9 Å². The molecule has 2 N–H and O–H groups in total. The van der Waals surface area contributed by atoms with Crippen molar-refractivity contribution in [1.29, 1.82) is 0 Å². The number of nitrogens with two attached hydrogens (primary N) is 1. The number of aryl methyl sites for hydroxylation is 2. The van der Waals surface area contributed by atoms with Crippen molar-refractivity contribution < 1.29 is 0 Å². The first-order chi connectivity index (χ1) is 9.01. The molecule has 0 aromatic carbocycles. The Hall–Kier alpha value is -1.04. The van der Waals surface area contributed by atoms with Gasteiger partial charge in [0.25, 0.3) is 0 Å². The van der Waals surface area contributed by atoms with Crippen LogP contribution in [0.1, 0.15) is 22.8 Å². The number of hydrogen-bond donors (Lipinski definition) is 1. The Morgan fingerprint density at radius 3 is 2.37 bits per heavy atom. The lowest BCUT2D eigenvalue weighted by molar-refractivity contribution is 0.113. The van der Waals surface area contributed by atoms with Gasteiger partial charge in [-0.15, -0.1) is 0 Å². The molecule has 1 aliphatic rings. The molecule has 106 valence electrons. The van der Waals surface area contributed by atoms with Gasteiger partial charge in [-0.1, -0.05) is 0 Å². The second-order valence-corrected chi connectivity index (χ2v) is 5.59. The van der Waals surface area contributed by atoms with E-state index in [1.54, 1.807) is 0 Å². The van der Waals surface area contributed by atoms with Gasteiger partial charge in [-0.2, -0.15) is 0 Å². The molecule has 0 saturated carbocycles. The van der Waals surface area contributed by atoms with Gasteiger partial charge in [-0.05, 0) is 27.9 Å². The van der Waals surface area contributed by atoms with Gasteiger partial charge >= 0.3 is 0 Å². The van der Waals surface area contributed by atoms with Crippen molar-refractivity contribution in [2.24, 2.45) is 5.73 Å². The number of nitrogens with zero attached hydrogens (tertiary/aromatic N) is 4. The van der Waals surface area contributed by atoms with E-state index in [-0.39, 0.29) is 0 Å². The monoisotopic (exact) mass is 263 g/mol. The van der Waals surface area contributed by atoms with E-state index < -0.39 is 0 Å². The standard InChI is InChI=1S/C14H25N5/c1-10-13(8-15)11(2)17-14(16-10)7-12-9-18(3)5-6-19(12)4/h12H,5-9,15H2,1-4H3. The molecular formula is C14H25N5. The molecule has 1 atom stereocenters. The Morgan fingerprint density at radius 2 is 1.79 bits per heavy atom. The smallest absolute Gasteiger partial charge is 0.130 e. The minimum absolute atomic E-state index is 0.501. The van der Waals surface area contributed by atoms with E-state index in [0.29, 0.717) is 12.6 Å². The molecule has 2 rings (SSSR count). The van der Waals surface area contributed by atoms with Crippen LogP contribution in [0.15, 0.2) is 0 Å². The highest BCUT2D eigenvalue weighted by Gasteiger charge is 2.23. The van der Waals surface area contributed by atoms with Gasteiger partial charge < -0.3 is 15.5 Å². The van der Waals surface area contributed by atoms with Crippen LogP contribution in [0, 0.1) is 13.8 Å². The zero-order chi connectivity index (χ0) is 14.0. The lowest BCUT2D eigenvalue weighted by Gasteiger charge is -2.37. The number of piperazine rings is 1. The maximum absolute atomic E-state index is 5.73. The maximum Gasteiger partial charge on any atom is 0.130 e. The number of aromatic nitrogens is 2. The van der Waals surface area contributed by atoms with Crippen LogP contribution in [0.2, 0.25) is 0 Å². The number of likely N-dealkylation sites (N-methyl/N-ethyl adjacent to an activating group) is 2. The zero-order valence-corrected chi connectivity index (χ0v) is 12.5. The molecule has 2 heterocycles. The molecule has 19 heavy (non-hydrogen) atoms. The van der Waals surface area contributed by atoms with Crippen LogP contribution in [0.5, 0.6) is 0 Å². The summed E-state index contributed by atoms with van der Waals surface area (Å²) in [6.07, 6.45) is 0.910. The molecular weight excluding hydrogens is 238 g/mol. The summed E-state index contributed by atoms with van der Waals surface area (Å²) in [6, 6.07) is 0.501. The predicted molar refractivity (Wildman–Crippen MR) is 77.0 cm³/mol. The van der Waals surface area contributed by atoms with E-state index in [1.807, 2.05) is 13.8 Å². The summed E-state index contributed by atoms with van der Waals surface area (Å²) in [7, 11) is 4.36. The highest BCUT2D eigenvalue weighted by Crippen LogP contribution is 2.14. The van der Waals surface area contributed by atoms with Crippen molar-refractivity contribution >= 4 is 0 Å². The van der Waals surface area contributed by atoms with Gasteiger partial charge in [-0.25, -0.2) is 9.97 Å². The molecule has 5 nitrogen and oxygen atoms in total. The van der Waals surface area contributed by atoms with E-state index in [0.717, 1.165) is 48.8 Å². The molecule has 1 fully saturated rings. The summed E-state index contributed by atoms with van der Waals surface area (Å²) >= 11 is 0. The fourth-order valence-corrected chi connectivity index (χ4v) is 2.73. The third-order valence-electron chi connectivity index (χ3n) is 4.07. The van der Waals surface area contributed by atoms with E-state index in [1.165, 1.54) is 0 Å². The quantitative estimate of drug-likeness (QED) is 0.852. The van der Waals surface area contributed by atoms with Crippen molar-refractivity contribution in [3.05, 3.63) is 22.8 Å². The summed E-state index contributed by atoms with van der Waals surface area (Å²) in [5.41, 5.74) is 8.86. The molecule has 0 spiro atoms. The third-order valence-corrected chi connectivity index (χ3v) is 4.07. The molecule has 1 aromatic heterocycles. The van der Waals surface area contributed by atoms with Crippen LogP contribution in [-0.4, -0.2) is 59.5 Å². The first kappa shape index (κ1) is 14.4. The predicted octanol–water partition coefficient (Wildman–Crippen LogP) is 0.340. The number of hydrogen-bond acceptors (Lipinski definition) is 5. The van der Waals surface area contributed by atoms with Crippen molar-refractivity contribution in [1.82, 2.24) is 19.8 Å². The Labute approximate surface area is 115 Å². The molecule has 0 radical (unpaired) electrons. The van der Waals surface area contributed by atoms with Gasteiger partial charge in [0, 0.05) is 55.6 Å². The Bertz CT molecular complexity index is 422. The second-order valence-electron chi connectivity index (χ2n) is 5.59. The summed E-state index contributed by atoms with van der Waals surface area (Å²) in [5, 5.41) is 0. The second kappa shape index (κ2) is 5.94. The van der Waals surface area contributed by atoms with Gasteiger partial charge in [0.05, 0.1) is 0 Å². The Morgan fingerprint density at radius 1 is 1.16 bits per heavy atom. The lowest BCUT2D eigenvalue weighted by atomic mass is 10.1. The minimum Gasteiger partial charge on any atom is -0.326 e. The molecule has 1 saturated heterocycles. The summed E-state index contributed by atoms with van der Waals surface area (Å²) in [6.45, 7) is 7.90. The topological polar surface area (TPSA) is 58.3 Å². The van der Waals surface area contributed by atoms with Crippen LogP contribution in [-0.2, 0) is 13.0 Å². The highest BCUT2D eigenvalue weighted by atomic mass is 15.3. The minimum atomic E-state index is 0.501. The first-order valence-corrected chi connectivity index (χ1v) is 6.93. The van der Waals surface area contributed by atoms with Crippen molar-refractivity contribution in [2.75, 3.05) is 33.7 Å². The lowest BCUT2D eigenvalue weighted by Crippen LogP contribution is -2.51. The van der Waals surface area contributed by atoms with Crippen LogP contribution < -0.4 is 5.73 Å². The van der Waals surface area contributed by atoms with Crippen molar-refractivity contribution in [3.8, 4) is 0 Å². The summed E-state index contributed by atoms with van der Waals surface area (Å²) < 4.78 is 0. The fraction of sp³-hybridized carbons (Fsp3) is 0.714. The van der Waals surface area contributed by atoms with Crippen molar-refractivity contribution in [3.63, 3.8) is 0 Å². The third kappa shape index (κ3) is 3.29. The van der Waals surface area contributed by atoms with E-state index in [9.17, 15) is 0 Å². The zero-order valence-electron chi connectivity index (χ0n) is 12.5. The molecule has 0 amide bonds.